The van der Waals surface area contributed by atoms with Crippen LogP contribution in [0.1, 0.15) is 79.3 Å². The number of nitrogens with zero attached hydrogens (tertiary/aromatic N) is 7. The van der Waals surface area contributed by atoms with Crippen LogP contribution in [0.25, 0.3) is 33.5 Å². The first-order valence-corrected chi connectivity index (χ1v) is 14.3. The van der Waals surface area contributed by atoms with Gasteiger partial charge in [0.15, 0.2) is 5.65 Å². The molecule has 0 spiro atoms. The van der Waals surface area contributed by atoms with Crippen LogP contribution in [0.2, 0.25) is 0 Å². The zero-order valence-electron chi connectivity index (χ0n) is 23.6. The molecule has 4 heterocycles. The molecule has 7 rings (SSSR count). The van der Waals surface area contributed by atoms with Crippen molar-refractivity contribution in [3.05, 3.63) is 95.2 Å². The Balaban J connectivity index is 1.35. The van der Waals surface area contributed by atoms with Crippen LogP contribution in [0.3, 0.4) is 0 Å². The molecule has 10 heteroatoms. The average molecular weight is 568 g/mol. The lowest BCUT2D eigenvalue weighted by Crippen LogP contribution is -2.08. The van der Waals surface area contributed by atoms with Gasteiger partial charge in [-0.2, -0.15) is 10.2 Å². The van der Waals surface area contributed by atoms with Crippen LogP contribution in [0, 0.1) is 6.92 Å². The minimum Gasteiger partial charge on any atom is -0.386 e. The van der Waals surface area contributed by atoms with Crippen LogP contribution >= 0.6 is 0 Å². The van der Waals surface area contributed by atoms with Crippen molar-refractivity contribution in [3.8, 4) is 16.9 Å². The normalized spacial score (nSPS) is 14.6. The summed E-state index contributed by atoms with van der Waals surface area (Å²) < 4.78 is 32.4. The van der Waals surface area contributed by atoms with Gasteiger partial charge >= 0.3 is 0 Å². The van der Waals surface area contributed by atoms with E-state index in [4.69, 9.17) is 10.2 Å². The zero-order chi connectivity index (χ0) is 29.1. The Morgan fingerprint density at radius 3 is 2.48 bits per heavy atom. The third-order valence-electron chi connectivity index (χ3n) is 8.17. The first kappa shape index (κ1) is 26.5. The zero-order valence-corrected chi connectivity index (χ0v) is 23.6. The summed E-state index contributed by atoms with van der Waals surface area (Å²) in [5, 5.41) is 29.7. The lowest BCUT2D eigenvalue weighted by molar-refractivity contribution is 0.139. The quantitative estimate of drug-likeness (QED) is 0.216. The second-order valence-electron chi connectivity index (χ2n) is 11.4. The van der Waals surface area contributed by atoms with Gasteiger partial charge in [0, 0.05) is 40.2 Å². The Bertz CT molecular complexity index is 1920. The number of fused-ring (bicyclic) bond motifs is 2. The predicted octanol–water partition coefficient (Wildman–Crippen LogP) is 6.91. The van der Waals surface area contributed by atoms with Gasteiger partial charge in [-0.1, -0.05) is 56.3 Å². The maximum absolute atomic E-state index is 13.6. The minimum absolute atomic E-state index is 0.172. The molecule has 4 aromatic heterocycles. The minimum atomic E-state index is -2.71. The molecule has 1 saturated carbocycles. The highest BCUT2D eigenvalue weighted by molar-refractivity contribution is 5.94. The number of aliphatic hydroxyl groups is 1. The first-order valence-electron chi connectivity index (χ1n) is 14.3. The van der Waals surface area contributed by atoms with Crippen molar-refractivity contribution in [2.45, 2.75) is 64.5 Å². The highest BCUT2D eigenvalue weighted by Crippen LogP contribution is 2.46. The van der Waals surface area contributed by atoms with E-state index >= 15 is 0 Å². The van der Waals surface area contributed by atoms with E-state index in [1.54, 1.807) is 10.9 Å². The molecule has 2 aromatic carbocycles. The van der Waals surface area contributed by atoms with Crippen molar-refractivity contribution in [1.82, 2.24) is 34.2 Å². The molecule has 42 heavy (non-hydrogen) atoms. The Labute approximate surface area is 241 Å². The first-order chi connectivity index (χ1) is 20.3. The van der Waals surface area contributed by atoms with Gasteiger partial charge in [-0.05, 0) is 49.3 Å². The summed E-state index contributed by atoms with van der Waals surface area (Å²) in [4.78, 5) is 0. The van der Waals surface area contributed by atoms with E-state index in [9.17, 15) is 13.9 Å². The molecule has 0 unspecified atom stereocenters. The van der Waals surface area contributed by atoms with Crippen molar-refractivity contribution < 1.29 is 13.9 Å². The Kier molecular flexibility index (Phi) is 6.38. The predicted molar refractivity (Wildman–Crippen MR) is 156 cm³/mol. The monoisotopic (exact) mass is 567 g/mol. The van der Waals surface area contributed by atoms with Crippen LogP contribution in [-0.4, -0.2) is 39.3 Å². The fourth-order valence-electron chi connectivity index (χ4n) is 6.07. The molecule has 0 aliphatic heterocycles. The summed E-state index contributed by atoms with van der Waals surface area (Å²) in [6.07, 6.45) is 2.14. The number of hydrogen-bond acceptors (Lipinski definition) is 5. The Morgan fingerprint density at radius 1 is 0.976 bits per heavy atom. The van der Waals surface area contributed by atoms with Crippen molar-refractivity contribution in [1.29, 1.82) is 0 Å². The molecular formula is C32H31F2N7O. The van der Waals surface area contributed by atoms with Gasteiger partial charge < -0.3 is 5.11 Å². The number of aromatic nitrogens is 7. The molecule has 1 aliphatic carbocycles. The van der Waals surface area contributed by atoms with Crippen LogP contribution < -0.4 is 0 Å². The topological polar surface area (TPSA) is 86.1 Å². The highest BCUT2D eigenvalue weighted by atomic mass is 19.3. The number of aliphatic hydroxyl groups excluding tert-OH is 1. The summed E-state index contributed by atoms with van der Waals surface area (Å²) in [5.74, 6) is 0.0523. The van der Waals surface area contributed by atoms with E-state index in [0.29, 0.717) is 12.2 Å². The molecule has 1 N–H and O–H groups in total. The van der Waals surface area contributed by atoms with Gasteiger partial charge in [-0.25, -0.2) is 13.5 Å². The molecule has 1 fully saturated rings. The van der Waals surface area contributed by atoms with Crippen LogP contribution in [0.4, 0.5) is 8.78 Å². The molecule has 1 aliphatic rings. The van der Waals surface area contributed by atoms with Crippen molar-refractivity contribution in [2.24, 2.45) is 0 Å². The van der Waals surface area contributed by atoms with Crippen LogP contribution in [0.15, 0.2) is 67.0 Å². The summed E-state index contributed by atoms with van der Waals surface area (Å²) in [5.41, 5.74) is 7.78. The fraction of sp³-hybridized carbons (Fsp3) is 0.312. The average Bonchev–Trinajstić information content (AvgIpc) is 3.42. The number of halogens is 2. The summed E-state index contributed by atoms with van der Waals surface area (Å²) in [6, 6.07) is 17.4. The number of rotatable bonds is 8. The van der Waals surface area contributed by atoms with Crippen molar-refractivity contribution in [3.63, 3.8) is 0 Å². The molecule has 6 aromatic rings. The molecule has 214 valence electrons. The lowest BCUT2D eigenvalue weighted by atomic mass is 9.95. The van der Waals surface area contributed by atoms with E-state index in [1.165, 1.54) is 4.40 Å². The van der Waals surface area contributed by atoms with E-state index in [1.807, 2.05) is 59.4 Å². The van der Waals surface area contributed by atoms with E-state index in [-0.39, 0.29) is 17.7 Å². The third-order valence-corrected chi connectivity index (χ3v) is 8.17. The fourth-order valence-corrected chi connectivity index (χ4v) is 6.07. The van der Waals surface area contributed by atoms with Gasteiger partial charge in [-0.3, -0.25) is 9.08 Å². The van der Waals surface area contributed by atoms with Crippen LogP contribution in [0.5, 0.6) is 0 Å². The van der Waals surface area contributed by atoms with Crippen molar-refractivity contribution >= 4 is 16.6 Å². The SMILES string of the molecule is Cc1c(C(C)C)c(-c2cccc3nn(C[C@H](O)c4ccccc4)cc23)nn1-c1ccn2c(C(F)F)nnc2c1C1CC1. The van der Waals surface area contributed by atoms with Crippen molar-refractivity contribution in [2.75, 3.05) is 0 Å². The Hall–Kier alpha value is -4.44. The van der Waals surface area contributed by atoms with Gasteiger partial charge in [0.05, 0.1) is 29.5 Å². The largest absolute Gasteiger partial charge is 0.386 e. The van der Waals surface area contributed by atoms with E-state index < -0.39 is 12.5 Å². The smallest absolute Gasteiger partial charge is 0.297 e. The molecule has 0 saturated heterocycles. The van der Waals surface area contributed by atoms with Gasteiger partial charge in [0.25, 0.3) is 6.43 Å². The maximum Gasteiger partial charge on any atom is 0.297 e. The maximum atomic E-state index is 13.6. The summed E-state index contributed by atoms with van der Waals surface area (Å²) in [6.45, 7) is 6.68. The molecular weight excluding hydrogens is 536 g/mol. The lowest BCUT2D eigenvalue weighted by Gasteiger charge is -2.13. The van der Waals surface area contributed by atoms with Gasteiger partial charge in [0.2, 0.25) is 5.82 Å². The second kappa shape index (κ2) is 10.1. The highest BCUT2D eigenvalue weighted by Gasteiger charge is 2.33. The number of hydrogen-bond donors (Lipinski definition) is 1. The summed E-state index contributed by atoms with van der Waals surface area (Å²) >= 11 is 0. The standard InChI is InChI=1S/C32H31F2N7O/c1-18(2)27-19(3)41(25-14-15-40-31(28(25)21-12-13-21)35-36-32(40)30(33)34)38-29(27)22-10-7-11-24-23(22)16-39(37-24)17-26(42)20-8-5-4-6-9-20/h4-11,14-16,18,21,26,30,42H,12-13,17H2,1-3H3/t26-/m0/s1. The number of pyridine rings is 1. The third kappa shape index (κ3) is 4.37. The second-order valence-corrected chi connectivity index (χ2v) is 11.4. The summed E-state index contributed by atoms with van der Waals surface area (Å²) in [7, 11) is 0. The Morgan fingerprint density at radius 2 is 1.76 bits per heavy atom. The number of alkyl halides is 2. The molecule has 8 nitrogen and oxygen atoms in total. The molecule has 0 amide bonds. The van der Waals surface area contributed by atoms with Crippen LogP contribution in [-0.2, 0) is 6.54 Å². The number of benzene rings is 2. The van der Waals surface area contributed by atoms with E-state index in [0.717, 1.165) is 63.1 Å². The van der Waals surface area contributed by atoms with Gasteiger partial charge in [-0.15, -0.1) is 10.2 Å². The molecule has 0 bridgehead atoms. The molecule has 1 atom stereocenters. The molecule has 0 radical (unpaired) electrons. The van der Waals surface area contributed by atoms with Gasteiger partial charge in [0.1, 0.15) is 0 Å². The van der Waals surface area contributed by atoms with E-state index in [2.05, 4.69) is 37.0 Å².